The van der Waals surface area contributed by atoms with Crippen molar-refractivity contribution >= 4 is 11.8 Å². The number of phenols is 1. The van der Waals surface area contributed by atoms with E-state index in [1.54, 1.807) is 24.4 Å². The number of methoxy groups -OCH3 is 2. The fourth-order valence-corrected chi connectivity index (χ4v) is 4.24. The normalized spacial score (nSPS) is 17.3. The number of aliphatic hydroxyl groups is 1. The number of carbonyl (C=O) groups is 2. The number of benzene rings is 2. The Morgan fingerprint density at radius 1 is 1.21 bits per heavy atom. The van der Waals surface area contributed by atoms with Crippen molar-refractivity contribution in [3.63, 3.8) is 0 Å². The molecule has 1 saturated heterocycles. The van der Waals surface area contributed by atoms with Gasteiger partial charge in [-0.25, -0.2) is 0 Å². The lowest BCUT2D eigenvalue weighted by atomic mass is 9.85. The summed E-state index contributed by atoms with van der Waals surface area (Å²) >= 11 is 0. The molecule has 9 heteroatoms. The summed E-state index contributed by atoms with van der Waals surface area (Å²) in [5.41, 5.74) is 1.75. The fraction of sp³-hybridized carbons (Fsp3) is 0.360. The average Bonchev–Trinajstić information content (AvgIpc) is 3.17. The van der Waals surface area contributed by atoms with E-state index >= 15 is 0 Å². The molecule has 2 aliphatic heterocycles. The Kier molecular flexibility index (Phi) is 7.04. The van der Waals surface area contributed by atoms with Gasteiger partial charge in [0.1, 0.15) is 17.2 Å². The first kappa shape index (κ1) is 23.6. The van der Waals surface area contributed by atoms with E-state index in [9.17, 15) is 19.8 Å². The van der Waals surface area contributed by atoms with Crippen LogP contribution in [0.15, 0.2) is 42.3 Å². The van der Waals surface area contributed by atoms with Crippen molar-refractivity contribution in [3.05, 3.63) is 64.5 Å². The molecule has 0 bridgehead atoms. The maximum absolute atomic E-state index is 13.1. The summed E-state index contributed by atoms with van der Waals surface area (Å²) in [7, 11) is 2.78. The Labute approximate surface area is 197 Å². The maximum Gasteiger partial charge on any atom is 0.306 e. The Bertz CT molecular complexity index is 1120. The highest BCUT2D eigenvalue weighted by Crippen LogP contribution is 2.46. The van der Waals surface area contributed by atoms with Gasteiger partial charge in [0.05, 0.1) is 46.0 Å². The van der Waals surface area contributed by atoms with Crippen molar-refractivity contribution in [2.24, 2.45) is 0 Å². The van der Waals surface area contributed by atoms with Gasteiger partial charge in [-0.1, -0.05) is 6.07 Å². The molecular weight excluding hydrogens is 442 g/mol. The van der Waals surface area contributed by atoms with Crippen LogP contribution < -0.4 is 9.47 Å². The molecule has 1 fully saturated rings. The number of esters is 1. The van der Waals surface area contributed by atoms with Crippen molar-refractivity contribution in [1.82, 2.24) is 4.90 Å². The number of morpholine rings is 1. The molecule has 2 aromatic rings. The molecule has 9 nitrogen and oxygen atoms in total. The number of rotatable bonds is 7. The molecule has 4 rings (SSSR count). The minimum Gasteiger partial charge on any atom is -0.508 e. The van der Waals surface area contributed by atoms with E-state index in [1.807, 2.05) is 4.90 Å². The van der Waals surface area contributed by atoms with Gasteiger partial charge in [0, 0.05) is 36.3 Å². The number of phenolic OH excluding ortho intramolecular Hbond substituents is 1. The van der Waals surface area contributed by atoms with Gasteiger partial charge in [0.2, 0.25) is 5.78 Å². The van der Waals surface area contributed by atoms with Crippen LogP contribution in [0, 0.1) is 0 Å². The Balaban J connectivity index is 1.79. The summed E-state index contributed by atoms with van der Waals surface area (Å²) in [6.45, 7) is 2.11. The third kappa shape index (κ3) is 4.57. The molecule has 0 aliphatic carbocycles. The molecule has 0 amide bonds. The lowest BCUT2D eigenvalue weighted by Crippen LogP contribution is -2.32. The second-order valence-corrected chi connectivity index (χ2v) is 8.01. The van der Waals surface area contributed by atoms with Crippen molar-refractivity contribution < 1.29 is 38.7 Å². The number of aliphatic hydroxyl groups excluding tert-OH is 1. The molecule has 0 spiro atoms. The van der Waals surface area contributed by atoms with Crippen molar-refractivity contribution in [1.29, 1.82) is 0 Å². The van der Waals surface area contributed by atoms with Crippen molar-refractivity contribution in [3.8, 4) is 17.2 Å². The van der Waals surface area contributed by atoms with E-state index in [1.165, 1.54) is 26.4 Å². The topological polar surface area (TPSA) is 115 Å². The van der Waals surface area contributed by atoms with E-state index in [0.717, 1.165) is 0 Å². The van der Waals surface area contributed by atoms with E-state index in [2.05, 4.69) is 0 Å². The van der Waals surface area contributed by atoms with Crippen molar-refractivity contribution in [2.45, 2.75) is 18.9 Å². The number of aromatic hydroxyl groups is 1. The van der Waals surface area contributed by atoms with Crippen LogP contribution in [0.4, 0.5) is 0 Å². The predicted molar refractivity (Wildman–Crippen MR) is 121 cm³/mol. The minimum atomic E-state index is -0.700. The highest BCUT2D eigenvalue weighted by atomic mass is 16.5. The Hall–Kier alpha value is -3.56. The monoisotopic (exact) mass is 469 g/mol. The highest BCUT2D eigenvalue weighted by Gasteiger charge is 2.36. The summed E-state index contributed by atoms with van der Waals surface area (Å²) in [5.74, 6) is -0.774. The SMILES string of the molecule is COC(=O)CC(c1ccc(OC)c(CO)c1)c1c(O)ccc2c1O/C(=C\N1CCOCC1)C2=O. The number of hydrogen-bond donors (Lipinski definition) is 2. The number of fused-ring (bicyclic) bond motifs is 1. The smallest absolute Gasteiger partial charge is 0.306 e. The predicted octanol–water partition coefficient (Wildman–Crippen LogP) is 2.34. The summed E-state index contributed by atoms with van der Waals surface area (Å²) in [6.07, 6.45) is 1.55. The molecule has 0 radical (unpaired) electrons. The molecule has 2 aliphatic rings. The molecule has 34 heavy (non-hydrogen) atoms. The van der Waals surface area contributed by atoms with Crippen LogP contribution in [0.3, 0.4) is 0 Å². The first-order valence-corrected chi connectivity index (χ1v) is 10.9. The largest absolute Gasteiger partial charge is 0.508 e. The van der Waals surface area contributed by atoms with Gasteiger partial charge in [-0.05, 0) is 29.8 Å². The Morgan fingerprint density at radius 3 is 2.65 bits per heavy atom. The fourth-order valence-electron chi connectivity index (χ4n) is 4.24. The zero-order valence-electron chi connectivity index (χ0n) is 19.1. The molecule has 180 valence electrons. The van der Waals surface area contributed by atoms with Crippen LogP contribution >= 0.6 is 0 Å². The summed E-state index contributed by atoms with van der Waals surface area (Å²) in [6, 6.07) is 8.06. The second kappa shape index (κ2) is 10.1. The van der Waals surface area contributed by atoms with Gasteiger partial charge in [0.25, 0.3) is 0 Å². The van der Waals surface area contributed by atoms with Gasteiger partial charge >= 0.3 is 5.97 Å². The molecule has 0 aromatic heterocycles. The molecule has 2 heterocycles. The lowest BCUT2D eigenvalue weighted by Gasteiger charge is -2.25. The van der Waals surface area contributed by atoms with Gasteiger partial charge in [-0.15, -0.1) is 0 Å². The third-order valence-corrected chi connectivity index (χ3v) is 6.02. The molecule has 0 saturated carbocycles. The van der Waals surface area contributed by atoms with Crippen molar-refractivity contribution in [2.75, 3.05) is 40.5 Å². The number of ether oxygens (including phenoxy) is 4. The summed E-state index contributed by atoms with van der Waals surface area (Å²) in [4.78, 5) is 27.4. The number of Topliss-reactive ketones (excluding diaryl/α,β-unsaturated/α-hetero) is 1. The molecular formula is C25H27NO8. The van der Waals surface area contributed by atoms with Crippen LogP contribution in [-0.4, -0.2) is 67.4 Å². The van der Waals surface area contributed by atoms with Crippen LogP contribution in [0.25, 0.3) is 0 Å². The quantitative estimate of drug-likeness (QED) is 0.466. The zero-order chi connectivity index (χ0) is 24.2. The summed E-state index contributed by atoms with van der Waals surface area (Å²) in [5, 5.41) is 20.6. The Morgan fingerprint density at radius 2 is 1.97 bits per heavy atom. The van der Waals surface area contributed by atoms with E-state index in [4.69, 9.17) is 18.9 Å². The average molecular weight is 469 g/mol. The minimum absolute atomic E-state index is 0.113. The lowest BCUT2D eigenvalue weighted by molar-refractivity contribution is -0.140. The third-order valence-electron chi connectivity index (χ3n) is 6.02. The summed E-state index contributed by atoms with van der Waals surface area (Å²) < 4.78 is 21.5. The number of carbonyl (C=O) groups excluding carboxylic acids is 2. The van der Waals surface area contributed by atoms with E-state index < -0.39 is 11.9 Å². The van der Waals surface area contributed by atoms with Crippen LogP contribution in [0.5, 0.6) is 17.2 Å². The number of allylic oxidation sites excluding steroid dienone is 1. The zero-order valence-corrected chi connectivity index (χ0v) is 19.1. The van der Waals surface area contributed by atoms with Gasteiger partial charge < -0.3 is 34.1 Å². The molecule has 1 atom stereocenters. The number of hydrogen-bond acceptors (Lipinski definition) is 9. The van der Waals surface area contributed by atoms with E-state index in [-0.39, 0.29) is 36.1 Å². The maximum atomic E-state index is 13.1. The molecule has 1 unspecified atom stereocenters. The number of nitrogens with zero attached hydrogens (tertiary/aromatic N) is 1. The van der Waals surface area contributed by atoms with Gasteiger partial charge in [0.15, 0.2) is 5.76 Å². The molecule has 2 aromatic carbocycles. The van der Waals surface area contributed by atoms with E-state index in [0.29, 0.717) is 54.3 Å². The first-order valence-electron chi connectivity index (χ1n) is 10.9. The first-order chi connectivity index (χ1) is 16.5. The van der Waals surface area contributed by atoms with Crippen LogP contribution in [-0.2, 0) is 20.9 Å². The van der Waals surface area contributed by atoms with Crippen LogP contribution in [0.2, 0.25) is 0 Å². The highest BCUT2D eigenvalue weighted by molar-refractivity contribution is 6.12. The van der Waals surface area contributed by atoms with Crippen LogP contribution in [0.1, 0.15) is 39.4 Å². The van der Waals surface area contributed by atoms with Gasteiger partial charge in [-0.3, -0.25) is 9.59 Å². The number of ketones is 1. The standard InChI is InChI=1S/C25H27NO8/c1-31-20-6-3-15(11-16(20)14-27)18(12-22(29)32-2)23-19(28)5-4-17-24(30)21(34-25(17)23)13-26-7-9-33-10-8-26/h3-6,11,13,18,27-28H,7-10,12,14H2,1-2H3/b21-13-. The molecule has 2 N–H and O–H groups in total. The van der Waals surface area contributed by atoms with Gasteiger partial charge in [-0.2, -0.15) is 0 Å². The second-order valence-electron chi connectivity index (χ2n) is 8.01.